The molecular formula is C13H9N3. The Labute approximate surface area is 91.3 Å². The van der Waals surface area contributed by atoms with Crippen molar-refractivity contribution in [3.05, 3.63) is 49.1 Å². The number of pyridine rings is 1. The van der Waals surface area contributed by atoms with Crippen LogP contribution in [0.1, 0.15) is 0 Å². The summed E-state index contributed by atoms with van der Waals surface area (Å²) in [6, 6.07) is 10.5. The third-order valence-electron chi connectivity index (χ3n) is 3.03. The minimum Gasteiger partial charge on any atom is -0.353 e. The Morgan fingerprint density at radius 3 is 3.00 bits per heavy atom. The van der Waals surface area contributed by atoms with Crippen molar-refractivity contribution < 1.29 is 0 Å². The van der Waals surface area contributed by atoms with Crippen LogP contribution in [0.2, 0.25) is 0 Å². The maximum atomic E-state index is 4.13. The lowest BCUT2D eigenvalue weighted by Gasteiger charge is -1.94. The van der Waals surface area contributed by atoms with E-state index in [4.69, 9.17) is 0 Å². The lowest BCUT2D eigenvalue weighted by molar-refractivity contribution is 1.16. The molecule has 76 valence electrons. The second kappa shape index (κ2) is 2.64. The molecule has 3 heterocycles. The molecule has 0 radical (unpaired) electrons. The molecule has 1 N–H and O–H groups in total. The predicted molar refractivity (Wildman–Crippen MR) is 64.6 cm³/mol. The number of nitrogens with one attached hydrogen (secondary N) is 1. The average Bonchev–Trinajstić information content (AvgIpc) is 2.88. The summed E-state index contributed by atoms with van der Waals surface area (Å²) in [5.74, 6) is 0. The van der Waals surface area contributed by atoms with E-state index in [1.54, 1.807) is 0 Å². The maximum absolute atomic E-state index is 4.13. The van der Waals surface area contributed by atoms with Gasteiger partial charge in [0.15, 0.2) is 0 Å². The van der Waals surface area contributed by atoms with E-state index < -0.39 is 0 Å². The fourth-order valence-electron chi connectivity index (χ4n) is 2.26. The van der Waals surface area contributed by atoms with Gasteiger partial charge in [-0.15, -0.1) is 0 Å². The van der Waals surface area contributed by atoms with Gasteiger partial charge in [-0.2, -0.15) is 0 Å². The summed E-state index contributed by atoms with van der Waals surface area (Å²) in [6.45, 7) is 0. The molecule has 0 spiro atoms. The van der Waals surface area contributed by atoms with Gasteiger partial charge in [-0.3, -0.25) is 0 Å². The highest BCUT2D eigenvalue weighted by Gasteiger charge is 2.04. The first-order valence-corrected chi connectivity index (χ1v) is 5.24. The van der Waals surface area contributed by atoms with Crippen LogP contribution in [0.5, 0.6) is 0 Å². The summed E-state index contributed by atoms with van der Waals surface area (Å²) in [4.78, 5) is 7.54. The van der Waals surface area contributed by atoms with Crippen molar-refractivity contribution >= 4 is 27.3 Å². The highest BCUT2D eigenvalue weighted by Crippen LogP contribution is 2.25. The summed E-state index contributed by atoms with van der Waals surface area (Å²) in [5, 5.41) is 2.52. The van der Waals surface area contributed by atoms with Crippen LogP contribution in [0.25, 0.3) is 27.3 Å². The quantitative estimate of drug-likeness (QED) is 0.472. The molecule has 3 nitrogen and oxygen atoms in total. The fourth-order valence-corrected chi connectivity index (χ4v) is 2.26. The largest absolute Gasteiger partial charge is 0.353 e. The van der Waals surface area contributed by atoms with Crippen molar-refractivity contribution in [1.29, 1.82) is 0 Å². The standard InChI is InChI=1S/C13H9N3/c1-2-4-12-10(3-1)11-5-9-6-14-8-16(9)7-13(11)15-12/h1-8,15H. The van der Waals surface area contributed by atoms with Gasteiger partial charge in [0.1, 0.15) is 0 Å². The molecule has 4 aromatic rings. The highest BCUT2D eigenvalue weighted by atomic mass is 15.0. The highest BCUT2D eigenvalue weighted by molar-refractivity contribution is 6.08. The van der Waals surface area contributed by atoms with Crippen LogP contribution in [0.4, 0.5) is 0 Å². The van der Waals surface area contributed by atoms with E-state index >= 15 is 0 Å². The summed E-state index contributed by atoms with van der Waals surface area (Å²) < 4.78 is 2.03. The van der Waals surface area contributed by atoms with Gasteiger partial charge in [0.25, 0.3) is 0 Å². The Balaban J connectivity index is 2.32. The third-order valence-corrected chi connectivity index (χ3v) is 3.03. The topological polar surface area (TPSA) is 33.1 Å². The molecule has 0 fully saturated rings. The van der Waals surface area contributed by atoms with E-state index in [1.165, 1.54) is 16.3 Å². The van der Waals surface area contributed by atoms with Gasteiger partial charge < -0.3 is 9.38 Å². The van der Waals surface area contributed by atoms with Gasteiger partial charge in [-0.25, -0.2) is 4.98 Å². The first-order valence-electron chi connectivity index (χ1n) is 5.24. The van der Waals surface area contributed by atoms with Gasteiger partial charge in [0.05, 0.1) is 23.6 Å². The van der Waals surface area contributed by atoms with Crippen LogP contribution in [0.15, 0.2) is 49.1 Å². The molecule has 0 bridgehead atoms. The normalized spacial score (nSPS) is 11.8. The van der Waals surface area contributed by atoms with Gasteiger partial charge in [-0.05, 0) is 12.1 Å². The number of imidazole rings is 1. The number of fused-ring (bicyclic) bond motifs is 4. The number of para-hydroxylation sites is 1. The van der Waals surface area contributed by atoms with Crippen LogP contribution in [-0.4, -0.2) is 14.4 Å². The number of hydrogen-bond donors (Lipinski definition) is 1. The molecule has 0 atom stereocenters. The van der Waals surface area contributed by atoms with Crippen LogP contribution in [0, 0.1) is 0 Å². The molecule has 0 amide bonds. The van der Waals surface area contributed by atoms with E-state index in [-0.39, 0.29) is 0 Å². The number of hydrogen-bond acceptors (Lipinski definition) is 1. The number of benzene rings is 1. The zero-order valence-electron chi connectivity index (χ0n) is 8.51. The van der Waals surface area contributed by atoms with Gasteiger partial charge in [0.2, 0.25) is 0 Å². The van der Waals surface area contributed by atoms with Crippen LogP contribution in [0.3, 0.4) is 0 Å². The summed E-state index contributed by atoms with van der Waals surface area (Å²) in [5.41, 5.74) is 3.45. The maximum Gasteiger partial charge on any atom is 0.0992 e. The molecular weight excluding hydrogens is 198 g/mol. The zero-order valence-corrected chi connectivity index (χ0v) is 8.51. The number of rotatable bonds is 0. The van der Waals surface area contributed by atoms with Crippen molar-refractivity contribution in [2.45, 2.75) is 0 Å². The second-order valence-electron chi connectivity index (χ2n) is 4.00. The fraction of sp³-hybridized carbons (Fsp3) is 0. The van der Waals surface area contributed by atoms with Crippen molar-refractivity contribution in [1.82, 2.24) is 14.4 Å². The molecule has 0 aliphatic carbocycles. The molecule has 0 aliphatic heterocycles. The Morgan fingerprint density at radius 1 is 1.06 bits per heavy atom. The van der Waals surface area contributed by atoms with E-state index in [1.807, 2.05) is 23.0 Å². The van der Waals surface area contributed by atoms with Crippen LogP contribution in [-0.2, 0) is 0 Å². The number of aromatic nitrogens is 3. The summed E-state index contributed by atoms with van der Waals surface area (Å²) >= 11 is 0. The van der Waals surface area contributed by atoms with Crippen LogP contribution < -0.4 is 0 Å². The van der Waals surface area contributed by atoms with E-state index in [9.17, 15) is 0 Å². The van der Waals surface area contributed by atoms with E-state index in [0.717, 1.165) is 11.0 Å². The summed E-state index contributed by atoms with van der Waals surface area (Å²) in [7, 11) is 0. The second-order valence-corrected chi connectivity index (χ2v) is 4.00. The van der Waals surface area contributed by atoms with Gasteiger partial charge in [0, 0.05) is 22.5 Å². The van der Waals surface area contributed by atoms with Crippen molar-refractivity contribution in [2.24, 2.45) is 0 Å². The molecule has 3 aromatic heterocycles. The number of aromatic amines is 1. The van der Waals surface area contributed by atoms with Crippen molar-refractivity contribution in [3.63, 3.8) is 0 Å². The molecule has 0 aliphatic rings. The van der Waals surface area contributed by atoms with Crippen LogP contribution >= 0.6 is 0 Å². The Hall–Kier alpha value is -2.29. The van der Waals surface area contributed by atoms with Crippen molar-refractivity contribution in [3.8, 4) is 0 Å². The van der Waals surface area contributed by atoms with Gasteiger partial charge in [-0.1, -0.05) is 18.2 Å². The van der Waals surface area contributed by atoms with E-state index in [0.29, 0.717) is 0 Å². The molecule has 4 rings (SSSR count). The SMILES string of the molecule is c1ccc2c(c1)[nH]c1cn3cncc3cc12. The molecule has 1 aromatic carbocycles. The predicted octanol–water partition coefficient (Wildman–Crippen LogP) is 2.97. The lowest BCUT2D eigenvalue weighted by Crippen LogP contribution is -1.80. The average molecular weight is 207 g/mol. The number of nitrogens with zero attached hydrogens (tertiary/aromatic N) is 2. The van der Waals surface area contributed by atoms with Crippen molar-refractivity contribution in [2.75, 3.05) is 0 Å². The summed E-state index contributed by atoms with van der Waals surface area (Å²) in [6.07, 6.45) is 5.78. The molecule has 0 saturated heterocycles. The Bertz CT molecular complexity index is 808. The molecule has 0 unspecified atom stereocenters. The van der Waals surface area contributed by atoms with E-state index in [2.05, 4.69) is 40.4 Å². The Kier molecular flexibility index (Phi) is 1.31. The lowest BCUT2D eigenvalue weighted by atomic mass is 10.2. The van der Waals surface area contributed by atoms with Gasteiger partial charge >= 0.3 is 0 Å². The minimum absolute atomic E-state index is 1.12. The monoisotopic (exact) mass is 207 g/mol. The first kappa shape index (κ1) is 7.93. The first-order chi connectivity index (χ1) is 7.92. The Morgan fingerprint density at radius 2 is 2.00 bits per heavy atom. The smallest absolute Gasteiger partial charge is 0.0992 e. The molecule has 0 saturated carbocycles. The third kappa shape index (κ3) is 0.896. The minimum atomic E-state index is 1.12. The molecule has 3 heteroatoms. The molecule has 16 heavy (non-hydrogen) atoms. The zero-order chi connectivity index (χ0) is 10.5. The number of H-pyrrole nitrogens is 1.